The Morgan fingerprint density at radius 1 is 1.53 bits per heavy atom. The number of carbonyl (C=O) groups is 1. The zero-order chi connectivity index (χ0) is 12.3. The van der Waals surface area contributed by atoms with Crippen molar-refractivity contribution in [3.8, 4) is 0 Å². The van der Waals surface area contributed by atoms with E-state index < -0.39 is 11.9 Å². The van der Waals surface area contributed by atoms with E-state index in [4.69, 9.17) is 0 Å². The molecular weight excluding hydrogens is 223 g/mol. The maximum Gasteiger partial charge on any atom is 0.270 e. The highest BCUT2D eigenvalue weighted by Crippen LogP contribution is 2.24. The van der Waals surface area contributed by atoms with Gasteiger partial charge >= 0.3 is 0 Å². The summed E-state index contributed by atoms with van der Waals surface area (Å²) in [5, 5.41) is 12.3. The van der Waals surface area contributed by atoms with Crippen LogP contribution in [0.2, 0.25) is 0 Å². The number of pyridine rings is 1. The summed E-state index contributed by atoms with van der Waals surface area (Å²) < 4.78 is 12.8. The van der Waals surface area contributed by atoms with Crippen molar-refractivity contribution in [2.45, 2.75) is 25.4 Å². The van der Waals surface area contributed by atoms with E-state index >= 15 is 0 Å². The third-order valence-electron chi connectivity index (χ3n) is 3.09. The fourth-order valence-corrected chi connectivity index (χ4v) is 2.10. The minimum absolute atomic E-state index is 0.0671. The van der Waals surface area contributed by atoms with Gasteiger partial charge in [-0.3, -0.25) is 4.79 Å². The number of aliphatic hydroxyl groups excluding tert-OH is 1. The molecule has 0 spiro atoms. The predicted molar refractivity (Wildman–Crippen MR) is 59.9 cm³/mol. The second-order valence-corrected chi connectivity index (χ2v) is 4.31. The first-order chi connectivity index (χ1) is 8.16. The third kappa shape index (κ3) is 3.00. The summed E-state index contributed by atoms with van der Waals surface area (Å²) in [6.07, 6.45) is 2.35. The number of nitrogens with zero attached hydrogens (tertiary/aromatic N) is 1. The van der Waals surface area contributed by atoms with Crippen molar-refractivity contribution in [1.29, 1.82) is 0 Å². The molecule has 1 aliphatic rings. The van der Waals surface area contributed by atoms with Crippen molar-refractivity contribution in [2.75, 3.05) is 6.54 Å². The molecule has 1 fully saturated rings. The number of amides is 1. The molecule has 1 amide bonds. The smallest absolute Gasteiger partial charge is 0.270 e. The molecule has 1 aromatic heterocycles. The van der Waals surface area contributed by atoms with Gasteiger partial charge in [-0.15, -0.1) is 0 Å². The molecule has 2 atom stereocenters. The van der Waals surface area contributed by atoms with Crippen molar-refractivity contribution in [1.82, 2.24) is 10.3 Å². The number of aromatic nitrogens is 1. The standard InChI is InChI=1S/C12H15FN2O2/c13-11-6-2-4-9(15-11)12(17)14-7-8-3-1-5-10(8)16/h2,4,6,8,10,16H,1,3,5,7H2,(H,14,17). The number of carbonyl (C=O) groups excluding carboxylic acids is 1. The monoisotopic (exact) mass is 238 g/mol. The lowest BCUT2D eigenvalue weighted by molar-refractivity contribution is 0.0911. The van der Waals surface area contributed by atoms with Crippen molar-refractivity contribution in [3.05, 3.63) is 29.8 Å². The first-order valence-corrected chi connectivity index (χ1v) is 5.75. The molecule has 0 saturated heterocycles. The average molecular weight is 238 g/mol. The highest BCUT2D eigenvalue weighted by atomic mass is 19.1. The van der Waals surface area contributed by atoms with E-state index in [1.54, 1.807) is 0 Å². The van der Waals surface area contributed by atoms with E-state index in [0.717, 1.165) is 19.3 Å². The Bertz CT molecular complexity index is 411. The summed E-state index contributed by atoms with van der Waals surface area (Å²) in [6, 6.07) is 4.10. The van der Waals surface area contributed by atoms with Crippen LogP contribution in [0.4, 0.5) is 4.39 Å². The summed E-state index contributed by atoms with van der Waals surface area (Å²) in [7, 11) is 0. The van der Waals surface area contributed by atoms with E-state index in [-0.39, 0.29) is 17.7 Å². The van der Waals surface area contributed by atoms with Crippen LogP contribution in [0.5, 0.6) is 0 Å². The molecular formula is C12H15FN2O2. The van der Waals surface area contributed by atoms with Crippen LogP contribution < -0.4 is 5.32 Å². The van der Waals surface area contributed by atoms with Crippen LogP contribution in [0.1, 0.15) is 29.8 Å². The third-order valence-corrected chi connectivity index (χ3v) is 3.09. The maximum absolute atomic E-state index is 12.8. The minimum atomic E-state index is -0.668. The van der Waals surface area contributed by atoms with Gasteiger partial charge in [-0.1, -0.05) is 12.5 Å². The van der Waals surface area contributed by atoms with Crippen LogP contribution in [0, 0.1) is 11.9 Å². The SMILES string of the molecule is O=C(NCC1CCCC1O)c1cccc(F)n1. The normalized spacial score (nSPS) is 23.6. The molecule has 1 heterocycles. The Morgan fingerprint density at radius 3 is 3.00 bits per heavy atom. The fraction of sp³-hybridized carbons (Fsp3) is 0.500. The van der Waals surface area contributed by atoms with Crippen LogP contribution in [-0.2, 0) is 0 Å². The Kier molecular flexibility index (Phi) is 3.68. The Hall–Kier alpha value is -1.49. The number of halogens is 1. The second kappa shape index (κ2) is 5.23. The number of aliphatic hydroxyl groups is 1. The second-order valence-electron chi connectivity index (χ2n) is 4.31. The molecule has 0 radical (unpaired) electrons. The highest BCUT2D eigenvalue weighted by molar-refractivity contribution is 5.92. The van der Waals surface area contributed by atoms with Crippen LogP contribution in [0.3, 0.4) is 0 Å². The lowest BCUT2D eigenvalue weighted by Gasteiger charge is -2.14. The molecule has 0 aromatic carbocycles. The van der Waals surface area contributed by atoms with Crippen LogP contribution in [-0.4, -0.2) is 28.6 Å². The summed E-state index contributed by atoms with van der Waals surface area (Å²) in [4.78, 5) is 15.1. The largest absolute Gasteiger partial charge is 0.393 e. The van der Waals surface area contributed by atoms with Gasteiger partial charge in [-0.25, -0.2) is 4.98 Å². The molecule has 1 aromatic rings. The summed E-state index contributed by atoms with van der Waals surface area (Å²) in [6.45, 7) is 0.415. The van der Waals surface area contributed by atoms with Gasteiger partial charge in [-0.2, -0.15) is 4.39 Å². The van der Waals surface area contributed by atoms with Crippen LogP contribution >= 0.6 is 0 Å². The van der Waals surface area contributed by atoms with Crippen molar-refractivity contribution < 1.29 is 14.3 Å². The van der Waals surface area contributed by atoms with E-state index in [1.165, 1.54) is 18.2 Å². The number of nitrogens with one attached hydrogen (secondary N) is 1. The molecule has 92 valence electrons. The van der Waals surface area contributed by atoms with Gasteiger partial charge in [0.25, 0.3) is 5.91 Å². The highest BCUT2D eigenvalue weighted by Gasteiger charge is 2.25. The van der Waals surface area contributed by atoms with Gasteiger partial charge in [0, 0.05) is 12.5 Å². The molecule has 2 N–H and O–H groups in total. The summed E-state index contributed by atoms with van der Waals surface area (Å²) >= 11 is 0. The number of hydrogen-bond donors (Lipinski definition) is 2. The molecule has 17 heavy (non-hydrogen) atoms. The van der Waals surface area contributed by atoms with Gasteiger partial charge < -0.3 is 10.4 Å². The van der Waals surface area contributed by atoms with Crippen LogP contribution in [0.15, 0.2) is 18.2 Å². The first kappa shape index (κ1) is 12.0. The van der Waals surface area contributed by atoms with Gasteiger partial charge in [-0.05, 0) is 25.0 Å². The molecule has 0 aliphatic heterocycles. The van der Waals surface area contributed by atoms with Gasteiger partial charge in [0.05, 0.1) is 6.10 Å². The quantitative estimate of drug-likeness (QED) is 0.775. The topological polar surface area (TPSA) is 62.2 Å². The Labute approximate surface area is 98.9 Å². The lowest BCUT2D eigenvalue weighted by atomic mass is 10.1. The van der Waals surface area contributed by atoms with Gasteiger partial charge in [0.2, 0.25) is 5.95 Å². The Morgan fingerprint density at radius 2 is 2.35 bits per heavy atom. The zero-order valence-electron chi connectivity index (χ0n) is 9.40. The Balaban J connectivity index is 1.89. The lowest BCUT2D eigenvalue weighted by Crippen LogP contribution is -2.32. The number of hydrogen-bond acceptors (Lipinski definition) is 3. The molecule has 1 aliphatic carbocycles. The van der Waals surface area contributed by atoms with Gasteiger partial charge in [0.15, 0.2) is 0 Å². The van der Waals surface area contributed by atoms with Crippen molar-refractivity contribution in [3.63, 3.8) is 0 Å². The van der Waals surface area contributed by atoms with E-state index in [9.17, 15) is 14.3 Å². The summed E-state index contributed by atoms with van der Waals surface area (Å²) in [5.41, 5.74) is 0.0671. The van der Waals surface area contributed by atoms with E-state index in [0.29, 0.717) is 6.54 Å². The fourth-order valence-electron chi connectivity index (χ4n) is 2.10. The van der Waals surface area contributed by atoms with E-state index in [1.807, 2.05) is 0 Å². The van der Waals surface area contributed by atoms with Crippen LogP contribution in [0.25, 0.3) is 0 Å². The summed E-state index contributed by atoms with van der Waals surface area (Å²) in [5.74, 6) is -0.963. The predicted octanol–water partition coefficient (Wildman–Crippen LogP) is 1.11. The van der Waals surface area contributed by atoms with Crippen molar-refractivity contribution in [2.24, 2.45) is 5.92 Å². The van der Waals surface area contributed by atoms with E-state index in [2.05, 4.69) is 10.3 Å². The van der Waals surface area contributed by atoms with Crippen molar-refractivity contribution >= 4 is 5.91 Å². The molecule has 2 unspecified atom stereocenters. The zero-order valence-corrected chi connectivity index (χ0v) is 9.40. The first-order valence-electron chi connectivity index (χ1n) is 5.75. The molecule has 5 heteroatoms. The molecule has 4 nitrogen and oxygen atoms in total. The molecule has 2 rings (SSSR count). The maximum atomic E-state index is 12.8. The number of rotatable bonds is 3. The average Bonchev–Trinajstić information content (AvgIpc) is 2.72. The molecule has 1 saturated carbocycles. The molecule has 0 bridgehead atoms. The van der Waals surface area contributed by atoms with Gasteiger partial charge in [0.1, 0.15) is 5.69 Å². The minimum Gasteiger partial charge on any atom is -0.393 e.